The Kier molecular flexibility index (Phi) is 2.68. The predicted octanol–water partition coefficient (Wildman–Crippen LogP) is 1.98. The first-order valence-corrected chi connectivity index (χ1v) is 3.56. The molecular weight excluding hydrogens is 110 g/mol. The van der Waals surface area contributed by atoms with Gasteiger partial charge >= 0.3 is 0 Å². The van der Waals surface area contributed by atoms with Gasteiger partial charge in [0.15, 0.2) is 0 Å². The summed E-state index contributed by atoms with van der Waals surface area (Å²) < 4.78 is 0. The smallest absolute Gasteiger partial charge is 0.0170 e. The van der Waals surface area contributed by atoms with Gasteiger partial charge in [0.05, 0.1) is 0 Å². The second-order valence-electron chi connectivity index (χ2n) is 3.70. The van der Waals surface area contributed by atoms with Crippen LogP contribution in [0.15, 0.2) is 0 Å². The van der Waals surface area contributed by atoms with Crippen molar-refractivity contribution in [2.24, 2.45) is 5.92 Å². The highest BCUT2D eigenvalue weighted by Crippen LogP contribution is 2.20. The Morgan fingerprint density at radius 3 is 1.44 bits per heavy atom. The second-order valence-corrected chi connectivity index (χ2v) is 3.70. The van der Waals surface area contributed by atoms with Gasteiger partial charge in [0.2, 0.25) is 0 Å². The van der Waals surface area contributed by atoms with E-state index in [1.807, 2.05) is 0 Å². The van der Waals surface area contributed by atoms with Crippen LogP contribution in [0.3, 0.4) is 0 Å². The van der Waals surface area contributed by atoms with Gasteiger partial charge in [-0.05, 0) is 33.9 Å². The van der Waals surface area contributed by atoms with Gasteiger partial charge in [-0.25, -0.2) is 0 Å². The van der Waals surface area contributed by atoms with Crippen LogP contribution >= 0.6 is 0 Å². The summed E-state index contributed by atoms with van der Waals surface area (Å²) in [7, 11) is 4.25. The van der Waals surface area contributed by atoms with Crippen molar-refractivity contribution in [1.29, 1.82) is 0 Å². The Labute approximate surface area is 59.1 Å². The van der Waals surface area contributed by atoms with E-state index in [-0.39, 0.29) is 0 Å². The molecule has 1 nitrogen and oxygen atoms in total. The van der Waals surface area contributed by atoms with Crippen LogP contribution in [0.2, 0.25) is 0 Å². The Bertz CT molecular complexity index is 72.6. The van der Waals surface area contributed by atoms with E-state index in [9.17, 15) is 0 Å². The van der Waals surface area contributed by atoms with Crippen molar-refractivity contribution in [3.63, 3.8) is 0 Å². The van der Waals surface area contributed by atoms with Gasteiger partial charge in [-0.15, -0.1) is 0 Å². The molecule has 0 heterocycles. The van der Waals surface area contributed by atoms with E-state index in [0.717, 1.165) is 0 Å². The quantitative estimate of drug-likeness (QED) is 0.551. The molecule has 0 radical (unpaired) electrons. The molecule has 0 N–H and O–H groups in total. The minimum absolute atomic E-state index is 0.333. The summed E-state index contributed by atoms with van der Waals surface area (Å²) in [6.45, 7) is 9.02. The van der Waals surface area contributed by atoms with Crippen LogP contribution in [0.25, 0.3) is 0 Å². The highest BCUT2D eigenvalue weighted by atomic mass is 15.1. The molecule has 0 aliphatic heterocycles. The first-order valence-electron chi connectivity index (χ1n) is 3.56. The minimum Gasteiger partial charge on any atom is -0.304 e. The van der Waals surface area contributed by atoms with Crippen LogP contribution in [0.4, 0.5) is 0 Å². The van der Waals surface area contributed by atoms with Gasteiger partial charge in [-0.3, -0.25) is 0 Å². The number of rotatable bonds is 2. The van der Waals surface area contributed by atoms with Crippen molar-refractivity contribution in [1.82, 2.24) is 4.90 Å². The number of hydrogen-bond donors (Lipinski definition) is 0. The lowest BCUT2D eigenvalue weighted by Crippen LogP contribution is -2.42. The summed E-state index contributed by atoms with van der Waals surface area (Å²) in [5, 5.41) is 0. The fourth-order valence-corrected chi connectivity index (χ4v) is 0.516. The molecule has 0 aliphatic rings. The largest absolute Gasteiger partial charge is 0.304 e. The Morgan fingerprint density at radius 2 is 1.44 bits per heavy atom. The lowest BCUT2D eigenvalue weighted by molar-refractivity contribution is 0.136. The van der Waals surface area contributed by atoms with Crippen molar-refractivity contribution >= 4 is 0 Å². The fourth-order valence-electron chi connectivity index (χ4n) is 0.516. The highest BCUT2D eigenvalue weighted by Gasteiger charge is 2.23. The Hall–Kier alpha value is -0.0400. The van der Waals surface area contributed by atoms with Gasteiger partial charge in [-0.2, -0.15) is 0 Å². The fraction of sp³-hybridized carbons (Fsp3) is 1.00. The maximum atomic E-state index is 2.26. The number of hydrogen-bond acceptors (Lipinski definition) is 1. The molecule has 0 aromatic rings. The van der Waals surface area contributed by atoms with Crippen LogP contribution in [0.5, 0.6) is 0 Å². The molecule has 0 aromatic carbocycles. The molecule has 0 spiro atoms. The molecule has 0 atom stereocenters. The van der Waals surface area contributed by atoms with E-state index in [4.69, 9.17) is 0 Å². The molecule has 0 unspecified atom stereocenters. The lowest BCUT2D eigenvalue weighted by Gasteiger charge is -2.36. The van der Waals surface area contributed by atoms with Crippen molar-refractivity contribution in [3.05, 3.63) is 0 Å². The molecule has 56 valence electrons. The SMILES string of the molecule is CC(C)C(C)(C)N(C)C. The molecular formula is C8H19N. The average molecular weight is 129 g/mol. The molecule has 0 amide bonds. The van der Waals surface area contributed by atoms with E-state index in [2.05, 4.69) is 46.7 Å². The van der Waals surface area contributed by atoms with Crippen LogP contribution in [-0.2, 0) is 0 Å². The monoisotopic (exact) mass is 129 g/mol. The first kappa shape index (κ1) is 8.96. The van der Waals surface area contributed by atoms with Crippen molar-refractivity contribution in [3.8, 4) is 0 Å². The zero-order valence-electron chi connectivity index (χ0n) is 7.52. The zero-order valence-corrected chi connectivity index (χ0v) is 7.52. The molecule has 0 rings (SSSR count). The van der Waals surface area contributed by atoms with Crippen molar-refractivity contribution < 1.29 is 0 Å². The molecule has 0 saturated carbocycles. The van der Waals surface area contributed by atoms with E-state index < -0.39 is 0 Å². The molecule has 0 aromatic heterocycles. The van der Waals surface area contributed by atoms with E-state index in [1.54, 1.807) is 0 Å². The standard InChI is InChI=1S/C8H19N/c1-7(2)8(3,4)9(5)6/h7H,1-6H3. The van der Waals surface area contributed by atoms with E-state index in [1.165, 1.54) is 0 Å². The van der Waals surface area contributed by atoms with Crippen LogP contribution < -0.4 is 0 Å². The average Bonchev–Trinajstić information content (AvgIpc) is 1.65. The highest BCUT2D eigenvalue weighted by molar-refractivity contribution is 4.79. The molecule has 0 saturated heterocycles. The third-order valence-electron chi connectivity index (χ3n) is 2.57. The van der Waals surface area contributed by atoms with Crippen LogP contribution in [0.1, 0.15) is 27.7 Å². The zero-order chi connectivity index (χ0) is 7.65. The van der Waals surface area contributed by atoms with Crippen LogP contribution in [-0.4, -0.2) is 24.5 Å². The predicted molar refractivity (Wildman–Crippen MR) is 42.6 cm³/mol. The van der Waals surface area contributed by atoms with Gasteiger partial charge in [0.1, 0.15) is 0 Å². The van der Waals surface area contributed by atoms with E-state index >= 15 is 0 Å². The lowest BCUT2D eigenvalue weighted by atomic mass is 9.90. The summed E-state index contributed by atoms with van der Waals surface area (Å²) in [5.74, 6) is 0.715. The third-order valence-corrected chi connectivity index (χ3v) is 2.57. The van der Waals surface area contributed by atoms with Crippen LogP contribution in [0, 0.1) is 5.92 Å². The summed E-state index contributed by atoms with van der Waals surface area (Å²) in [6, 6.07) is 0. The number of nitrogens with zero attached hydrogens (tertiary/aromatic N) is 1. The molecule has 1 heteroatoms. The van der Waals surface area contributed by atoms with Gasteiger partial charge in [-0.1, -0.05) is 13.8 Å². The van der Waals surface area contributed by atoms with Gasteiger partial charge < -0.3 is 4.90 Å². The molecule has 0 aliphatic carbocycles. The topological polar surface area (TPSA) is 3.24 Å². The Morgan fingerprint density at radius 1 is 1.11 bits per heavy atom. The summed E-state index contributed by atoms with van der Waals surface area (Å²) >= 11 is 0. The minimum atomic E-state index is 0.333. The first-order chi connectivity index (χ1) is 3.89. The van der Waals surface area contributed by atoms with Crippen molar-refractivity contribution in [2.45, 2.75) is 33.2 Å². The summed E-state index contributed by atoms with van der Waals surface area (Å²) in [5.41, 5.74) is 0.333. The normalized spacial score (nSPS) is 13.3. The summed E-state index contributed by atoms with van der Waals surface area (Å²) in [6.07, 6.45) is 0. The molecule has 9 heavy (non-hydrogen) atoms. The van der Waals surface area contributed by atoms with Crippen molar-refractivity contribution in [2.75, 3.05) is 14.1 Å². The molecule has 0 fully saturated rings. The maximum absolute atomic E-state index is 2.26. The maximum Gasteiger partial charge on any atom is 0.0170 e. The molecule has 0 bridgehead atoms. The Balaban J connectivity index is 4.01. The van der Waals surface area contributed by atoms with Gasteiger partial charge in [0, 0.05) is 5.54 Å². The van der Waals surface area contributed by atoms with Gasteiger partial charge in [0.25, 0.3) is 0 Å². The van der Waals surface area contributed by atoms with E-state index in [0.29, 0.717) is 11.5 Å². The summed E-state index contributed by atoms with van der Waals surface area (Å²) in [4.78, 5) is 2.26. The third kappa shape index (κ3) is 1.98. The second kappa shape index (κ2) is 2.70.